The lowest BCUT2D eigenvalue weighted by atomic mass is 10.1. The Bertz CT molecular complexity index is 1010. The number of para-hydroxylation sites is 1. The van der Waals surface area contributed by atoms with Crippen LogP contribution in [0.5, 0.6) is 11.6 Å². The van der Waals surface area contributed by atoms with E-state index in [2.05, 4.69) is 15.1 Å². The second kappa shape index (κ2) is 7.42. The summed E-state index contributed by atoms with van der Waals surface area (Å²) in [5.74, 6) is 2.14. The number of amides is 1. The summed E-state index contributed by atoms with van der Waals surface area (Å²) >= 11 is 0. The van der Waals surface area contributed by atoms with Gasteiger partial charge in [0.25, 0.3) is 5.91 Å². The Morgan fingerprint density at radius 3 is 2.79 bits per heavy atom. The molecule has 3 heterocycles. The predicted molar refractivity (Wildman–Crippen MR) is 104 cm³/mol. The number of hydrogen-bond donors (Lipinski definition) is 0. The molecule has 0 radical (unpaired) electrons. The highest BCUT2D eigenvalue weighted by molar-refractivity contribution is 5.93. The summed E-state index contributed by atoms with van der Waals surface area (Å²) in [5, 5.41) is 4.08. The normalized spacial score (nSPS) is 16.4. The van der Waals surface area contributed by atoms with Crippen LogP contribution in [0.25, 0.3) is 0 Å². The van der Waals surface area contributed by atoms with E-state index in [0.717, 1.165) is 29.3 Å². The van der Waals surface area contributed by atoms with E-state index in [-0.39, 0.29) is 11.8 Å². The molecule has 7 heteroatoms. The average molecular weight is 377 g/mol. The van der Waals surface area contributed by atoms with Gasteiger partial charge in [0.1, 0.15) is 11.6 Å². The first-order valence-corrected chi connectivity index (χ1v) is 9.36. The molecule has 1 atom stereocenters. The third-order valence-electron chi connectivity index (χ3n) is 4.95. The number of ether oxygens (including phenoxy) is 1. The fourth-order valence-electron chi connectivity index (χ4n) is 3.45. The highest BCUT2D eigenvalue weighted by atomic mass is 16.5. The van der Waals surface area contributed by atoms with Gasteiger partial charge in [-0.2, -0.15) is 10.1 Å². The minimum atomic E-state index is -0.000336. The molecule has 144 valence electrons. The zero-order valence-electron chi connectivity index (χ0n) is 16.3. The van der Waals surface area contributed by atoms with E-state index in [9.17, 15) is 4.79 Å². The number of benzene rings is 1. The summed E-state index contributed by atoms with van der Waals surface area (Å²) < 4.78 is 7.63. The number of nitrogens with zero attached hydrogens (tertiary/aromatic N) is 5. The van der Waals surface area contributed by atoms with Crippen molar-refractivity contribution in [3.63, 3.8) is 0 Å². The Balaban J connectivity index is 1.51. The molecular formula is C21H23N5O2. The molecule has 28 heavy (non-hydrogen) atoms. The maximum absolute atomic E-state index is 12.7. The smallest absolute Gasteiger partial charge is 0.257 e. The topological polar surface area (TPSA) is 73.1 Å². The molecular weight excluding hydrogens is 354 g/mol. The molecule has 1 amide bonds. The third kappa shape index (κ3) is 3.74. The molecule has 2 aromatic heterocycles. The van der Waals surface area contributed by atoms with Crippen molar-refractivity contribution >= 4 is 5.91 Å². The van der Waals surface area contributed by atoms with Gasteiger partial charge >= 0.3 is 0 Å². The minimum absolute atomic E-state index is 0.000336. The summed E-state index contributed by atoms with van der Waals surface area (Å²) in [4.78, 5) is 23.7. The van der Waals surface area contributed by atoms with Crippen LogP contribution in [0.15, 0.2) is 42.7 Å². The van der Waals surface area contributed by atoms with Gasteiger partial charge in [0, 0.05) is 44.0 Å². The molecule has 1 aliphatic rings. The van der Waals surface area contributed by atoms with Crippen LogP contribution < -0.4 is 4.74 Å². The van der Waals surface area contributed by atoms with Crippen LogP contribution in [0.2, 0.25) is 0 Å². The molecule has 7 nitrogen and oxygen atoms in total. The monoisotopic (exact) mass is 377 g/mol. The van der Waals surface area contributed by atoms with Gasteiger partial charge in [-0.05, 0) is 31.9 Å². The maximum Gasteiger partial charge on any atom is 0.257 e. The standard InChI is InChI=1S/C21H23N5O2/c1-14-6-4-5-7-18(14)28-19-10-15(2)23-20(24-19)16-8-9-26(13-16)21(27)17-11-22-25(3)12-17/h4-7,10-12,16H,8-9,13H2,1-3H3/t16-/m0/s1. The summed E-state index contributed by atoms with van der Waals surface area (Å²) in [7, 11) is 1.81. The summed E-state index contributed by atoms with van der Waals surface area (Å²) in [6.45, 7) is 5.22. The Morgan fingerprint density at radius 1 is 1.21 bits per heavy atom. The fourth-order valence-corrected chi connectivity index (χ4v) is 3.45. The van der Waals surface area contributed by atoms with E-state index < -0.39 is 0 Å². The van der Waals surface area contributed by atoms with E-state index in [1.165, 1.54) is 0 Å². The summed E-state index contributed by atoms with van der Waals surface area (Å²) in [6, 6.07) is 9.68. The van der Waals surface area contributed by atoms with Crippen molar-refractivity contribution in [2.75, 3.05) is 13.1 Å². The van der Waals surface area contributed by atoms with E-state index in [4.69, 9.17) is 4.74 Å². The molecule has 0 saturated carbocycles. The molecule has 0 N–H and O–H groups in total. The van der Waals surface area contributed by atoms with E-state index in [0.29, 0.717) is 24.5 Å². The van der Waals surface area contributed by atoms with Gasteiger partial charge in [-0.1, -0.05) is 18.2 Å². The van der Waals surface area contributed by atoms with Crippen molar-refractivity contribution in [3.05, 3.63) is 65.4 Å². The van der Waals surface area contributed by atoms with Crippen LogP contribution in [0, 0.1) is 13.8 Å². The quantitative estimate of drug-likeness (QED) is 0.698. The first kappa shape index (κ1) is 18.2. The SMILES string of the molecule is Cc1cc(Oc2ccccc2C)nc([C@H]2CCN(C(=O)c3cnn(C)c3)C2)n1. The number of hydrogen-bond acceptors (Lipinski definition) is 5. The number of carbonyl (C=O) groups excluding carboxylic acids is 1. The van der Waals surface area contributed by atoms with Gasteiger partial charge in [-0.15, -0.1) is 0 Å². The molecule has 4 rings (SSSR count). The van der Waals surface area contributed by atoms with Crippen LogP contribution >= 0.6 is 0 Å². The largest absolute Gasteiger partial charge is 0.439 e. The first-order chi connectivity index (χ1) is 13.5. The Morgan fingerprint density at radius 2 is 2.04 bits per heavy atom. The first-order valence-electron chi connectivity index (χ1n) is 9.36. The van der Waals surface area contributed by atoms with Crippen molar-refractivity contribution in [3.8, 4) is 11.6 Å². The van der Waals surface area contributed by atoms with Crippen molar-refractivity contribution in [2.45, 2.75) is 26.2 Å². The maximum atomic E-state index is 12.7. The zero-order chi connectivity index (χ0) is 19.7. The van der Waals surface area contributed by atoms with Gasteiger partial charge in [0.15, 0.2) is 0 Å². The molecule has 1 aliphatic heterocycles. The van der Waals surface area contributed by atoms with Crippen LogP contribution in [-0.4, -0.2) is 43.6 Å². The number of carbonyl (C=O) groups is 1. The van der Waals surface area contributed by atoms with Gasteiger partial charge in [-0.3, -0.25) is 9.48 Å². The average Bonchev–Trinajstić information content (AvgIpc) is 3.32. The third-order valence-corrected chi connectivity index (χ3v) is 4.95. The molecule has 0 aliphatic carbocycles. The van der Waals surface area contributed by atoms with Crippen LogP contribution in [0.3, 0.4) is 0 Å². The van der Waals surface area contributed by atoms with Crippen molar-refractivity contribution in [1.82, 2.24) is 24.6 Å². The molecule has 1 fully saturated rings. The summed E-state index contributed by atoms with van der Waals surface area (Å²) in [5.41, 5.74) is 2.51. The highest BCUT2D eigenvalue weighted by Crippen LogP contribution is 2.29. The molecule has 0 spiro atoms. The molecule has 3 aromatic rings. The molecule has 1 aromatic carbocycles. The Labute approximate surface area is 164 Å². The number of aromatic nitrogens is 4. The van der Waals surface area contributed by atoms with Crippen molar-refractivity contribution in [1.29, 1.82) is 0 Å². The van der Waals surface area contributed by atoms with Crippen molar-refractivity contribution < 1.29 is 9.53 Å². The number of likely N-dealkylation sites (tertiary alicyclic amines) is 1. The molecule has 0 unspecified atom stereocenters. The van der Waals surface area contributed by atoms with Crippen molar-refractivity contribution in [2.24, 2.45) is 7.05 Å². The fraction of sp³-hybridized carbons (Fsp3) is 0.333. The molecule has 1 saturated heterocycles. The zero-order valence-corrected chi connectivity index (χ0v) is 16.3. The lowest BCUT2D eigenvalue weighted by Gasteiger charge is -2.16. The van der Waals surface area contributed by atoms with Crippen LogP contribution in [0.1, 0.15) is 39.8 Å². The van der Waals surface area contributed by atoms with E-state index in [1.54, 1.807) is 24.1 Å². The summed E-state index contributed by atoms with van der Waals surface area (Å²) in [6.07, 6.45) is 4.18. The molecule has 0 bridgehead atoms. The van der Waals surface area contributed by atoms with Gasteiger partial charge in [0.05, 0.1) is 11.8 Å². The lowest BCUT2D eigenvalue weighted by molar-refractivity contribution is 0.0790. The van der Waals surface area contributed by atoms with E-state index >= 15 is 0 Å². The van der Waals surface area contributed by atoms with Gasteiger partial charge < -0.3 is 9.64 Å². The van der Waals surface area contributed by atoms with Gasteiger partial charge in [0.2, 0.25) is 5.88 Å². The van der Waals surface area contributed by atoms with Gasteiger partial charge in [-0.25, -0.2) is 4.98 Å². The minimum Gasteiger partial charge on any atom is -0.439 e. The van der Waals surface area contributed by atoms with E-state index in [1.807, 2.05) is 49.1 Å². The van der Waals surface area contributed by atoms with Crippen LogP contribution in [-0.2, 0) is 7.05 Å². The highest BCUT2D eigenvalue weighted by Gasteiger charge is 2.30. The second-order valence-electron chi connectivity index (χ2n) is 7.21. The lowest BCUT2D eigenvalue weighted by Crippen LogP contribution is -2.28. The Kier molecular flexibility index (Phi) is 4.81. The predicted octanol–water partition coefficient (Wildman–Crippen LogP) is 3.25. The second-order valence-corrected chi connectivity index (χ2v) is 7.21. The number of aryl methyl sites for hydroxylation is 3. The van der Waals surface area contributed by atoms with Crippen LogP contribution in [0.4, 0.5) is 0 Å². The Hall–Kier alpha value is -3.22. The number of rotatable bonds is 4.